The van der Waals surface area contributed by atoms with E-state index in [2.05, 4.69) is 41.5 Å². The second-order valence-corrected chi connectivity index (χ2v) is 6.77. The Morgan fingerprint density at radius 2 is 2.19 bits per heavy atom. The van der Waals surface area contributed by atoms with E-state index in [-0.39, 0.29) is 0 Å². The Kier molecular flexibility index (Phi) is 5.22. The summed E-state index contributed by atoms with van der Waals surface area (Å²) in [5.74, 6) is 1.11. The van der Waals surface area contributed by atoms with Gasteiger partial charge in [-0.2, -0.15) is 0 Å². The predicted molar refractivity (Wildman–Crippen MR) is 90.2 cm³/mol. The molecule has 0 radical (unpaired) electrons. The fraction of sp³-hybridized carbons (Fsp3) is 0.529. The van der Waals surface area contributed by atoms with E-state index in [1.807, 2.05) is 11.8 Å². The van der Waals surface area contributed by atoms with Gasteiger partial charge in [0, 0.05) is 53.0 Å². The van der Waals surface area contributed by atoms with Crippen LogP contribution in [0.4, 0.5) is 0 Å². The summed E-state index contributed by atoms with van der Waals surface area (Å²) in [5.41, 5.74) is 2.52. The normalized spacial score (nSPS) is 19.8. The predicted octanol–water partition coefficient (Wildman–Crippen LogP) is 3.73. The number of thioether (sulfide) groups is 1. The summed E-state index contributed by atoms with van der Waals surface area (Å²) in [6, 6.07) is 9.19. The van der Waals surface area contributed by atoms with Gasteiger partial charge in [0.25, 0.3) is 0 Å². The first-order chi connectivity index (χ1) is 10.3. The number of hydrogen-bond donors (Lipinski definition) is 2. The van der Waals surface area contributed by atoms with Crippen LogP contribution in [0.5, 0.6) is 0 Å². The minimum atomic E-state index is 0.636. The van der Waals surface area contributed by atoms with Gasteiger partial charge < -0.3 is 15.0 Å². The molecule has 1 saturated heterocycles. The van der Waals surface area contributed by atoms with Gasteiger partial charge in [0.05, 0.1) is 0 Å². The zero-order valence-corrected chi connectivity index (χ0v) is 13.5. The molecule has 1 unspecified atom stereocenters. The van der Waals surface area contributed by atoms with Crippen LogP contribution in [-0.4, -0.2) is 36.5 Å². The Hall–Kier alpha value is -0.970. The van der Waals surface area contributed by atoms with Gasteiger partial charge in [-0.25, -0.2) is 0 Å². The number of rotatable bonds is 5. The highest BCUT2D eigenvalue weighted by atomic mass is 32.2. The summed E-state index contributed by atoms with van der Waals surface area (Å²) in [6.07, 6.45) is 3.58. The average Bonchev–Trinajstić information content (AvgIpc) is 2.67. The van der Waals surface area contributed by atoms with E-state index < -0.39 is 0 Å². The Morgan fingerprint density at radius 1 is 1.29 bits per heavy atom. The highest BCUT2D eigenvalue weighted by Gasteiger charge is 2.12. The molecule has 1 aliphatic rings. The molecule has 1 aromatic carbocycles. The van der Waals surface area contributed by atoms with Crippen LogP contribution in [0.3, 0.4) is 0 Å². The molecule has 2 aromatic rings. The number of aromatic amines is 1. The summed E-state index contributed by atoms with van der Waals surface area (Å²) >= 11 is 1.95. The van der Waals surface area contributed by atoms with E-state index in [9.17, 15) is 0 Å². The molecule has 1 aliphatic heterocycles. The molecule has 2 heterocycles. The minimum absolute atomic E-state index is 0.636. The number of para-hydroxylation sites is 1. The van der Waals surface area contributed by atoms with Crippen LogP contribution < -0.4 is 5.32 Å². The molecule has 1 atom stereocenters. The summed E-state index contributed by atoms with van der Waals surface area (Å²) in [4.78, 5) is 4.87. The number of nitrogens with one attached hydrogen (secondary N) is 2. The van der Waals surface area contributed by atoms with Crippen LogP contribution in [-0.2, 0) is 4.74 Å². The van der Waals surface area contributed by atoms with Crippen molar-refractivity contribution < 1.29 is 4.74 Å². The van der Waals surface area contributed by atoms with Crippen LogP contribution in [0.15, 0.2) is 29.2 Å². The number of ether oxygens (including phenoxy) is 1. The topological polar surface area (TPSA) is 37.0 Å². The summed E-state index contributed by atoms with van der Waals surface area (Å²) in [7, 11) is 0. The number of hydrogen-bond acceptors (Lipinski definition) is 3. The molecule has 2 N–H and O–H groups in total. The van der Waals surface area contributed by atoms with Crippen molar-refractivity contribution in [3.63, 3.8) is 0 Å². The molecule has 114 valence electrons. The lowest BCUT2D eigenvalue weighted by molar-refractivity contribution is 0.142. The quantitative estimate of drug-likeness (QED) is 0.653. The minimum Gasteiger partial charge on any atom is -0.381 e. The van der Waals surface area contributed by atoms with Gasteiger partial charge in [-0.1, -0.05) is 18.2 Å². The molecule has 0 spiro atoms. The third-order valence-corrected chi connectivity index (χ3v) is 5.29. The number of H-pyrrole nitrogens is 1. The second kappa shape index (κ2) is 7.34. The Labute approximate surface area is 130 Å². The molecule has 1 aromatic heterocycles. The molecular weight excluding hydrogens is 280 g/mol. The maximum Gasteiger partial charge on any atom is 0.0480 e. The van der Waals surface area contributed by atoms with Crippen LogP contribution in [0.1, 0.15) is 25.0 Å². The number of benzene rings is 1. The smallest absolute Gasteiger partial charge is 0.0480 e. The Balaban J connectivity index is 1.51. The average molecular weight is 304 g/mol. The number of fused-ring (bicyclic) bond motifs is 1. The number of aryl methyl sites for hydroxylation is 1. The first-order valence-corrected chi connectivity index (χ1v) is 8.84. The lowest BCUT2D eigenvalue weighted by Crippen LogP contribution is -2.31. The van der Waals surface area contributed by atoms with E-state index >= 15 is 0 Å². The van der Waals surface area contributed by atoms with Crippen molar-refractivity contribution in [2.75, 3.05) is 25.5 Å². The molecule has 0 bridgehead atoms. The van der Waals surface area contributed by atoms with E-state index in [4.69, 9.17) is 4.74 Å². The molecule has 4 heteroatoms. The van der Waals surface area contributed by atoms with Crippen LogP contribution in [0.25, 0.3) is 10.9 Å². The van der Waals surface area contributed by atoms with Gasteiger partial charge >= 0.3 is 0 Å². The Morgan fingerprint density at radius 3 is 3.14 bits per heavy atom. The molecular formula is C17H24N2OS. The monoisotopic (exact) mass is 304 g/mol. The van der Waals surface area contributed by atoms with Crippen LogP contribution in [0.2, 0.25) is 0 Å². The lowest BCUT2D eigenvalue weighted by Gasteiger charge is -2.15. The summed E-state index contributed by atoms with van der Waals surface area (Å²) in [6.45, 7) is 5.07. The highest BCUT2D eigenvalue weighted by Crippen LogP contribution is 2.30. The van der Waals surface area contributed by atoms with Crippen LogP contribution in [0, 0.1) is 6.92 Å². The largest absolute Gasteiger partial charge is 0.381 e. The Bertz CT molecular complexity index is 573. The van der Waals surface area contributed by atoms with Crippen molar-refractivity contribution in [2.45, 2.75) is 37.1 Å². The maximum absolute atomic E-state index is 5.50. The van der Waals surface area contributed by atoms with Gasteiger partial charge in [-0.3, -0.25) is 0 Å². The third-order valence-electron chi connectivity index (χ3n) is 4.07. The van der Waals surface area contributed by atoms with Gasteiger partial charge in [0.2, 0.25) is 0 Å². The van der Waals surface area contributed by atoms with Gasteiger partial charge in [0.1, 0.15) is 0 Å². The molecule has 0 aliphatic carbocycles. The standard InChI is InChI=1S/C17H24N2OS/c1-13-17(15-6-2-3-7-16(15)19-13)21-12-9-18-14-5-4-10-20-11-8-14/h2-3,6-7,14,18-19H,4-5,8-12H2,1H3. The highest BCUT2D eigenvalue weighted by molar-refractivity contribution is 7.99. The third kappa shape index (κ3) is 3.82. The second-order valence-electron chi connectivity index (χ2n) is 5.67. The zero-order valence-electron chi connectivity index (χ0n) is 12.7. The van der Waals surface area contributed by atoms with Gasteiger partial charge in [-0.05, 0) is 32.3 Å². The fourth-order valence-electron chi connectivity index (χ4n) is 2.96. The van der Waals surface area contributed by atoms with Crippen molar-refractivity contribution in [1.29, 1.82) is 0 Å². The van der Waals surface area contributed by atoms with E-state index in [0.29, 0.717) is 6.04 Å². The number of aromatic nitrogens is 1. The molecule has 1 fully saturated rings. The van der Waals surface area contributed by atoms with Crippen molar-refractivity contribution in [2.24, 2.45) is 0 Å². The first-order valence-electron chi connectivity index (χ1n) is 7.86. The van der Waals surface area contributed by atoms with Crippen molar-refractivity contribution >= 4 is 22.7 Å². The van der Waals surface area contributed by atoms with Gasteiger partial charge in [0.15, 0.2) is 0 Å². The molecule has 0 amide bonds. The van der Waals surface area contributed by atoms with Crippen molar-refractivity contribution in [3.05, 3.63) is 30.0 Å². The van der Waals surface area contributed by atoms with E-state index in [1.165, 1.54) is 34.3 Å². The van der Waals surface area contributed by atoms with Crippen molar-refractivity contribution in [3.8, 4) is 0 Å². The summed E-state index contributed by atoms with van der Waals surface area (Å²) in [5, 5.41) is 5.03. The van der Waals surface area contributed by atoms with Gasteiger partial charge in [-0.15, -0.1) is 11.8 Å². The molecule has 3 nitrogen and oxygen atoms in total. The molecule has 0 saturated carbocycles. The van der Waals surface area contributed by atoms with Crippen LogP contribution >= 0.6 is 11.8 Å². The molecule has 3 rings (SSSR count). The fourth-order valence-corrected chi connectivity index (χ4v) is 3.99. The van der Waals surface area contributed by atoms with E-state index in [0.717, 1.165) is 31.9 Å². The summed E-state index contributed by atoms with van der Waals surface area (Å²) < 4.78 is 5.50. The molecule has 21 heavy (non-hydrogen) atoms. The zero-order chi connectivity index (χ0) is 14.5. The lowest BCUT2D eigenvalue weighted by atomic mass is 10.1. The van der Waals surface area contributed by atoms with E-state index in [1.54, 1.807) is 0 Å². The maximum atomic E-state index is 5.50. The first kappa shape index (κ1) is 14.9. The van der Waals surface area contributed by atoms with Crippen molar-refractivity contribution in [1.82, 2.24) is 10.3 Å². The SMILES string of the molecule is Cc1[nH]c2ccccc2c1SCCNC1CCCOCC1.